The van der Waals surface area contributed by atoms with E-state index in [4.69, 9.17) is 0 Å². The van der Waals surface area contributed by atoms with E-state index in [1.165, 1.54) is 12.1 Å². The molecule has 1 heterocycles. The largest absolute Gasteiger partial charge is 0.303 e. The number of nitrogens with zero attached hydrogens (tertiary/aromatic N) is 1. The molecule has 0 N–H and O–H groups in total. The van der Waals surface area contributed by atoms with Gasteiger partial charge in [-0.3, -0.25) is 4.79 Å². The maximum Gasteiger partial charge on any atom is 0.166 e. The number of piperidine rings is 1. The average molecular weight is 311 g/mol. The van der Waals surface area contributed by atoms with Gasteiger partial charge in [-0.15, -0.1) is 0 Å². The van der Waals surface area contributed by atoms with Crippen molar-refractivity contribution in [2.45, 2.75) is 19.3 Å². The van der Waals surface area contributed by atoms with Gasteiger partial charge in [-0.05, 0) is 50.0 Å². The van der Waals surface area contributed by atoms with Crippen molar-refractivity contribution < 1.29 is 9.18 Å². The Labute approximate surface area is 136 Å². The number of halogens is 1. The van der Waals surface area contributed by atoms with Crippen LogP contribution in [0.5, 0.6) is 0 Å². The minimum Gasteiger partial charge on any atom is -0.303 e. The third kappa shape index (κ3) is 4.26. The summed E-state index contributed by atoms with van der Waals surface area (Å²) in [4.78, 5) is 14.9. The third-order valence-corrected chi connectivity index (χ3v) is 4.65. The molecule has 0 atom stereocenters. The summed E-state index contributed by atoms with van der Waals surface area (Å²) in [7, 11) is 0. The summed E-state index contributed by atoms with van der Waals surface area (Å²) in [5.41, 5.74) is 1.99. The quantitative estimate of drug-likeness (QED) is 0.779. The number of ketones is 1. The third-order valence-electron chi connectivity index (χ3n) is 4.65. The molecule has 2 aromatic rings. The van der Waals surface area contributed by atoms with Crippen molar-refractivity contribution in [1.29, 1.82) is 0 Å². The van der Waals surface area contributed by atoms with E-state index >= 15 is 0 Å². The highest BCUT2D eigenvalue weighted by molar-refractivity contribution is 5.97. The van der Waals surface area contributed by atoms with Gasteiger partial charge in [0.2, 0.25) is 0 Å². The molecule has 23 heavy (non-hydrogen) atoms. The SMILES string of the molecule is O=C(c1ccccc1)C1CCN(CCc2ccc(F)cc2)CC1. The first kappa shape index (κ1) is 15.9. The highest BCUT2D eigenvalue weighted by atomic mass is 19.1. The van der Waals surface area contributed by atoms with Crippen molar-refractivity contribution in [2.75, 3.05) is 19.6 Å². The second-order valence-electron chi connectivity index (χ2n) is 6.22. The maximum atomic E-state index is 12.9. The maximum absolute atomic E-state index is 12.9. The molecular formula is C20H22FNO. The van der Waals surface area contributed by atoms with Gasteiger partial charge in [-0.1, -0.05) is 42.5 Å². The molecule has 0 aliphatic carbocycles. The highest BCUT2D eigenvalue weighted by Gasteiger charge is 2.25. The summed E-state index contributed by atoms with van der Waals surface area (Å²) in [6.07, 6.45) is 2.78. The second kappa shape index (κ2) is 7.51. The summed E-state index contributed by atoms with van der Waals surface area (Å²) in [5, 5.41) is 0. The normalized spacial score (nSPS) is 16.4. The Kier molecular flexibility index (Phi) is 5.19. The molecule has 0 aromatic heterocycles. The van der Waals surface area contributed by atoms with Crippen LogP contribution in [0.25, 0.3) is 0 Å². The molecule has 3 rings (SSSR count). The molecule has 1 aliphatic rings. The standard InChI is InChI=1S/C20H22FNO/c21-19-8-6-16(7-9-19)10-13-22-14-11-18(12-15-22)20(23)17-4-2-1-3-5-17/h1-9,18H,10-15H2. The fourth-order valence-corrected chi connectivity index (χ4v) is 3.20. The van der Waals surface area contributed by atoms with Crippen LogP contribution < -0.4 is 0 Å². The molecule has 1 saturated heterocycles. The molecule has 1 aliphatic heterocycles. The Bertz CT molecular complexity index is 630. The molecule has 0 unspecified atom stereocenters. The van der Waals surface area contributed by atoms with Gasteiger partial charge in [0.15, 0.2) is 5.78 Å². The van der Waals surface area contributed by atoms with Gasteiger partial charge in [0.25, 0.3) is 0 Å². The molecule has 2 aromatic carbocycles. The first-order chi connectivity index (χ1) is 11.2. The zero-order valence-corrected chi connectivity index (χ0v) is 13.2. The van der Waals surface area contributed by atoms with E-state index in [-0.39, 0.29) is 17.5 Å². The Morgan fingerprint density at radius 1 is 1.00 bits per heavy atom. The number of Topliss-reactive ketones (excluding diaryl/α,β-unsaturated/α-hetero) is 1. The lowest BCUT2D eigenvalue weighted by molar-refractivity contribution is 0.0841. The predicted molar refractivity (Wildman–Crippen MR) is 90.0 cm³/mol. The monoisotopic (exact) mass is 311 g/mol. The second-order valence-corrected chi connectivity index (χ2v) is 6.22. The Balaban J connectivity index is 1.47. The van der Waals surface area contributed by atoms with Crippen LogP contribution >= 0.6 is 0 Å². The van der Waals surface area contributed by atoms with E-state index < -0.39 is 0 Å². The minimum atomic E-state index is -0.186. The summed E-state index contributed by atoms with van der Waals surface area (Å²) >= 11 is 0. The zero-order valence-electron chi connectivity index (χ0n) is 13.2. The lowest BCUT2D eigenvalue weighted by Crippen LogP contribution is -2.37. The van der Waals surface area contributed by atoms with Gasteiger partial charge in [-0.2, -0.15) is 0 Å². The molecule has 0 amide bonds. The van der Waals surface area contributed by atoms with Crippen LogP contribution in [0.3, 0.4) is 0 Å². The minimum absolute atomic E-state index is 0.152. The summed E-state index contributed by atoms with van der Waals surface area (Å²) < 4.78 is 12.9. The van der Waals surface area contributed by atoms with Crippen molar-refractivity contribution in [1.82, 2.24) is 4.90 Å². The van der Waals surface area contributed by atoms with Crippen molar-refractivity contribution in [3.8, 4) is 0 Å². The lowest BCUT2D eigenvalue weighted by atomic mass is 9.89. The first-order valence-corrected chi connectivity index (χ1v) is 8.28. The first-order valence-electron chi connectivity index (χ1n) is 8.28. The van der Waals surface area contributed by atoms with Gasteiger partial charge in [0, 0.05) is 18.0 Å². The summed E-state index contributed by atoms with van der Waals surface area (Å²) in [5.74, 6) is 0.247. The van der Waals surface area contributed by atoms with Gasteiger partial charge >= 0.3 is 0 Å². The van der Waals surface area contributed by atoms with Crippen LogP contribution in [0.2, 0.25) is 0 Å². The van der Waals surface area contributed by atoms with Crippen LogP contribution in [-0.4, -0.2) is 30.3 Å². The van der Waals surface area contributed by atoms with Crippen molar-refractivity contribution in [3.63, 3.8) is 0 Å². The van der Waals surface area contributed by atoms with E-state index in [1.807, 2.05) is 42.5 Å². The Morgan fingerprint density at radius 2 is 1.65 bits per heavy atom. The zero-order chi connectivity index (χ0) is 16.1. The molecular weight excluding hydrogens is 289 g/mol. The molecule has 0 bridgehead atoms. The van der Waals surface area contributed by atoms with E-state index in [2.05, 4.69) is 4.90 Å². The molecule has 0 saturated carbocycles. The van der Waals surface area contributed by atoms with E-state index in [9.17, 15) is 9.18 Å². The highest BCUT2D eigenvalue weighted by Crippen LogP contribution is 2.22. The number of hydrogen-bond donors (Lipinski definition) is 0. The van der Waals surface area contributed by atoms with Crippen molar-refractivity contribution in [2.24, 2.45) is 5.92 Å². The molecule has 2 nitrogen and oxygen atoms in total. The molecule has 0 radical (unpaired) electrons. The fourth-order valence-electron chi connectivity index (χ4n) is 3.20. The summed E-state index contributed by atoms with van der Waals surface area (Å²) in [6.45, 7) is 2.90. The fraction of sp³-hybridized carbons (Fsp3) is 0.350. The summed E-state index contributed by atoms with van der Waals surface area (Å²) in [6, 6.07) is 16.3. The van der Waals surface area contributed by atoms with E-state index in [0.29, 0.717) is 0 Å². The Morgan fingerprint density at radius 3 is 2.30 bits per heavy atom. The van der Waals surface area contributed by atoms with Crippen molar-refractivity contribution >= 4 is 5.78 Å². The van der Waals surface area contributed by atoms with Crippen LogP contribution in [-0.2, 0) is 6.42 Å². The average Bonchev–Trinajstić information content (AvgIpc) is 2.62. The number of rotatable bonds is 5. The number of hydrogen-bond acceptors (Lipinski definition) is 2. The molecule has 3 heteroatoms. The van der Waals surface area contributed by atoms with Gasteiger partial charge in [0.1, 0.15) is 5.82 Å². The number of benzene rings is 2. The molecule has 120 valence electrons. The van der Waals surface area contributed by atoms with Gasteiger partial charge in [-0.25, -0.2) is 4.39 Å². The molecule has 0 spiro atoms. The van der Waals surface area contributed by atoms with E-state index in [1.54, 1.807) is 0 Å². The van der Waals surface area contributed by atoms with Gasteiger partial charge in [0.05, 0.1) is 0 Å². The van der Waals surface area contributed by atoms with Crippen LogP contribution in [0.1, 0.15) is 28.8 Å². The van der Waals surface area contributed by atoms with Crippen molar-refractivity contribution in [3.05, 3.63) is 71.5 Å². The lowest BCUT2D eigenvalue weighted by Gasteiger charge is -2.31. The molecule has 1 fully saturated rings. The Hall–Kier alpha value is -2.00. The smallest absolute Gasteiger partial charge is 0.166 e. The predicted octanol–water partition coefficient (Wildman–Crippen LogP) is 3.96. The number of likely N-dealkylation sites (tertiary alicyclic amines) is 1. The van der Waals surface area contributed by atoms with Crippen LogP contribution in [0, 0.1) is 11.7 Å². The van der Waals surface area contributed by atoms with Crippen LogP contribution in [0.4, 0.5) is 4.39 Å². The van der Waals surface area contributed by atoms with Gasteiger partial charge < -0.3 is 4.90 Å². The van der Waals surface area contributed by atoms with Crippen LogP contribution in [0.15, 0.2) is 54.6 Å². The number of carbonyl (C=O) groups excluding carboxylic acids is 1. The number of carbonyl (C=O) groups is 1. The topological polar surface area (TPSA) is 20.3 Å². The van der Waals surface area contributed by atoms with E-state index in [0.717, 1.165) is 50.0 Å².